The molecule has 0 aromatic heterocycles. The van der Waals surface area contributed by atoms with Crippen molar-refractivity contribution in [1.29, 1.82) is 0 Å². The van der Waals surface area contributed by atoms with Crippen LogP contribution >= 0.6 is 0 Å². The summed E-state index contributed by atoms with van der Waals surface area (Å²) in [6.07, 6.45) is 1.06. The van der Waals surface area contributed by atoms with Gasteiger partial charge in [-0.3, -0.25) is 24.0 Å². The number of quaternary nitrogens is 1. The molecule has 17 nitrogen and oxygen atoms in total. The first-order valence-electron chi connectivity index (χ1n) is 17.1. The van der Waals surface area contributed by atoms with E-state index in [2.05, 4.69) is 34.8 Å². The Morgan fingerprint density at radius 2 is 1.00 bits per heavy atom. The Hall–Kier alpha value is -2.93. The predicted octanol–water partition coefficient (Wildman–Crippen LogP) is -0.414. The fraction of sp³-hybridized carbons (Fsp3) is 0.848. The van der Waals surface area contributed by atoms with Crippen molar-refractivity contribution in [1.82, 2.24) is 16.0 Å². The van der Waals surface area contributed by atoms with Gasteiger partial charge in [0.1, 0.15) is 25.4 Å². The molecule has 0 saturated carbocycles. The molecule has 0 aliphatic carbocycles. The number of carbonyl (C=O) groups excluding carboxylic acids is 5. The van der Waals surface area contributed by atoms with Crippen LogP contribution in [0.3, 0.4) is 0 Å². The number of nitrogens with zero attached hydrogens (tertiary/aromatic N) is 1. The first-order valence-corrected chi connectivity index (χ1v) is 17.1. The molecule has 0 saturated heterocycles. The van der Waals surface area contributed by atoms with Gasteiger partial charge < -0.3 is 58.3 Å². The Balaban J connectivity index is 3.54. The molecule has 17 heteroatoms. The van der Waals surface area contributed by atoms with Crippen molar-refractivity contribution in [2.75, 3.05) is 133 Å². The molecule has 0 bridgehead atoms. The maximum Gasteiger partial charge on any atom is 0.307 e. The molecule has 0 aromatic carbocycles. The van der Waals surface area contributed by atoms with Crippen molar-refractivity contribution in [2.24, 2.45) is 0 Å². The molecule has 0 atom stereocenters. The monoisotopic (exact) mass is 723 g/mol. The zero-order valence-corrected chi connectivity index (χ0v) is 31.1. The summed E-state index contributed by atoms with van der Waals surface area (Å²) in [4.78, 5) is 58.3. The Morgan fingerprint density at radius 1 is 0.520 bits per heavy atom. The van der Waals surface area contributed by atoms with E-state index in [4.69, 9.17) is 33.2 Å². The zero-order chi connectivity index (χ0) is 37.5. The van der Waals surface area contributed by atoms with Gasteiger partial charge in [-0.15, -0.1) is 0 Å². The van der Waals surface area contributed by atoms with Gasteiger partial charge in [0.2, 0.25) is 17.7 Å². The lowest BCUT2D eigenvalue weighted by molar-refractivity contribution is -0.889. The number of methoxy groups -OCH3 is 1. The molecule has 0 rings (SSSR count). The Morgan fingerprint density at radius 3 is 1.54 bits per heavy atom. The fourth-order valence-electron chi connectivity index (χ4n) is 3.77. The van der Waals surface area contributed by atoms with Gasteiger partial charge in [-0.2, -0.15) is 0 Å². The molecule has 3 amide bonds. The largest absolute Gasteiger partial charge is 0.469 e. The summed E-state index contributed by atoms with van der Waals surface area (Å²) < 4.78 is 42.7. The summed E-state index contributed by atoms with van der Waals surface area (Å²) in [5.41, 5.74) is -0.535. The third-order valence-electron chi connectivity index (χ3n) is 6.48. The van der Waals surface area contributed by atoms with Gasteiger partial charge in [0.05, 0.1) is 107 Å². The number of likely N-dealkylation sites (N-methyl/N-ethyl adjacent to an activating group) is 1. The van der Waals surface area contributed by atoms with Crippen LogP contribution in [0.1, 0.15) is 46.5 Å². The highest BCUT2D eigenvalue weighted by Gasteiger charge is 2.17. The van der Waals surface area contributed by atoms with Crippen LogP contribution in [-0.2, 0) is 61.9 Å². The summed E-state index contributed by atoms with van der Waals surface area (Å²) in [6.45, 7) is 11.1. The van der Waals surface area contributed by atoms with Gasteiger partial charge in [0.15, 0.2) is 0 Å². The highest BCUT2D eigenvalue weighted by Crippen LogP contribution is 2.09. The molecule has 0 radical (unpaired) electrons. The van der Waals surface area contributed by atoms with Crippen molar-refractivity contribution in [2.45, 2.75) is 52.1 Å². The van der Waals surface area contributed by atoms with E-state index < -0.39 is 5.60 Å². The van der Waals surface area contributed by atoms with Crippen LogP contribution in [0.25, 0.3) is 0 Å². The number of carbonyl (C=O) groups is 5. The summed E-state index contributed by atoms with van der Waals surface area (Å²) >= 11 is 0. The van der Waals surface area contributed by atoms with Crippen molar-refractivity contribution in [3.05, 3.63) is 0 Å². The molecule has 0 aliphatic heterocycles. The van der Waals surface area contributed by atoms with Crippen molar-refractivity contribution in [3.63, 3.8) is 0 Å². The first-order chi connectivity index (χ1) is 23.7. The van der Waals surface area contributed by atoms with E-state index in [9.17, 15) is 24.0 Å². The Labute approximate surface area is 297 Å². The summed E-state index contributed by atoms with van der Waals surface area (Å²) in [5, 5.41) is 8.23. The lowest BCUT2D eigenvalue weighted by Gasteiger charge is -2.29. The Bertz CT molecular complexity index is 945. The maximum atomic E-state index is 12.0. The van der Waals surface area contributed by atoms with Crippen LogP contribution in [0.5, 0.6) is 0 Å². The van der Waals surface area contributed by atoms with E-state index in [0.717, 1.165) is 13.1 Å². The minimum absolute atomic E-state index is 0.0698. The van der Waals surface area contributed by atoms with Crippen LogP contribution in [0.4, 0.5) is 0 Å². The van der Waals surface area contributed by atoms with Crippen LogP contribution < -0.4 is 16.0 Å². The number of hydrogen-bond acceptors (Lipinski definition) is 13. The van der Waals surface area contributed by atoms with Crippen molar-refractivity contribution >= 4 is 29.7 Å². The minimum Gasteiger partial charge on any atom is -0.469 e. The lowest BCUT2D eigenvalue weighted by Crippen LogP contribution is -2.47. The molecular formula is C33H63N4O13+. The average molecular weight is 724 g/mol. The minimum atomic E-state index is -0.535. The predicted molar refractivity (Wildman–Crippen MR) is 182 cm³/mol. The smallest absolute Gasteiger partial charge is 0.307 e. The highest BCUT2D eigenvalue weighted by molar-refractivity contribution is 5.77. The third kappa shape index (κ3) is 33.6. The lowest BCUT2D eigenvalue weighted by atomic mass is 10.2. The second-order valence-electron chi connectivity index (χ2n) is 12.8. The van der Waals surface area contributed by atoms with E-state index in [0.29, 0.717) is 63.6 Å². The number of rotatable bonds is 32. The molecule has 0 aliphatic rings. The molecular weight excluding hydrogens is 660 g/mol. The summed E-state index contributed by atoms with van der Waals surface area (Å²) in [7, 11) is 5.45. The molecule has 3 N–H and O–H groups in total. The summed E-state index contributed by atoms with van der Waals surface area (Å²) in [6, 6.07) is 0. The van der Waals surface area contributed by atoms with E-state index in [1.54, 1.807) is 20.8 Å². The molecule has 50 heavy (non-hydrogen) atoms. The Kier molecular flexibility index (Phi) is 28.0. The number of nitrogens with one attached hydrogen (secondary N) is 3. The van der Waals surface area contributed by atoms with Gasteiger partial charge in [0, 0.05) is 25.9 Å². The quantitative estimate of drug-likeness (QED) is 0.0461. The molecule has 0 spiro atoms. The average Bonchev–Trinajstić information content (AvgIpc) is 3.03. The van der Waals surface area contributed by atoms with Gasteiger partial charge in [-0.05, 0) is 27.2 Å². The molecule has 0 fully saturated rings. The molecule has 0 heterocycles. The molecule has 0 unspecified atom stereocenters. The van der Waals surface area contributed by atoms with Gasteiger partial charge in [-0.1, -0.05) is 0 Å². The second-order valence-corrected chi connectivity index (χ2v) is 12.8. The topological polar surface area (TPSA) is 195 Å². The fourth-order valence-corrected chi connectivity index (χ4v) is 3.77. The van der Waals surface area contributed by atoms with E-state index in [-0.39, 0.29) is 95.2 Å². The SMILES string of the molecule is COC(=O)CCOCCOCC[N+](C)(C)CCNC(=O)COCCOCCNC(=O)COCCOCCNC(=O)CCCC(=O)OC(C)(C)C. The van der Waals surface area contributed by atoms with Gasteiger partial charge in [0.25, 0.3) is 0 Å². The van der Waals surface area contributed by atoms with Gasteiger partial charge in [-0.25, -0.2) is 0 Å². The second kappa shape index (κ2) is 29.8. The van der Waals surface area contributed by atoms with Crippen LogP contribution in [0.2, 0.25) is 0 Å². The highest BCUT2D eigenvalue weighted by atomic mass is 16.6. The summed E-state index contributed by atoms with van der Waals surface area (Å²) in [5.74, 6) is -1.28. The third-order valence-corrected chi connectivity index (χ3v) is 6.48. The maximum absolute atomic E-state index is 12.0. The standard InChI is InChI=1S/C33H62N4O13/c1-33(2,3)50-32(42)9-7-8-28(38)35-12-17-45-22-25-49-27-30(40)36-13-18-46-23-24-48-26-29(39)34-11-14-37(4,5)15-19-47-21-20-44-16-10-31(41)43-6/h7-27H2,1-6H3,(H2-,34,35,36,38,39,40)/p+1. The number of amides is 3. The number of hydrogen-bond donors (Lipinski definition) is 3. The van der Waals surface area contributed by atoms with E-state index in [1.807, 2.05) is 0 Å². The van der Waals surface area contributed by atoms with E-state index in [1.165, 1.54) is 7.11 Å². The van der Waals surface area contributed by atoms with Crippen molar-refractivity contribution < 1.29 is 66.4 Å². The zero-order valence-electron chi connectivity index (χ0n) is 31.1. The normalized spacial score (nSPS) is 11.6. The van der Waals surface area contributed by atoms with Crippen molar-refractivity contribution in [3.8, 4) is 0 Å². The molecule has 292 valence electrons. The van der Waals surface area contributed by atoms with Crippen LogP contribution in [0.15, 0.2) is 0 Å². The number of esters is 2. The van der Waals surface area contributed by atoms with E-state index >= 15 is 0 Å². The first kappa shape index (κ1) is 47.1. The van der Waals surface area contributed by atoms with Crippen LogP contribution in [0, 0.1) is 0 Å². The van der Waals surface area contributed by atoms with Gasteiger partial charge >= 0.3 is 11.9 Å². The van der Waals surface area contributed by atoms with Crippen LogP contribution in [-0.4, -0.2) is 173 Å². The number of ether oxygens (including phenoxy) is 8. The molecule has 0 aromatic rings.